The van der Waals surface area contributed by atoms with Gasteiger partial charge >= 0.3 is 0 Å². The van der Waals surface area contributed by atoms with Crippen LogP contribution in [-0.2, 0) is 14.8 Å². The van der Waals surface area contributed by atoms with Gasteiger partial charge in [0.15, 0.2) is 0 Å². The molecule has 0 atom stereocenters. The van der Waals surface area contributed by atoms with Crippen LogP contribution < -0.4 is 5.32 Å². The highest BCUT2D eigenvalue weighted by Gasteiger charge is 2.31. The predicted molar refractivity (Wildman–Crippen MR) is 91.7 cm³/mol. The van der Waals surface area contributed by atoms with Crippen LogP contribution in [0, 0.1) is 5.92 Å². The molecule has 2 aliphatic heterocycles. The van der Waals surface area contributed by atoms with E-state index in [1.54, 1.807) is 6.92 Å². The fraction of sp³-hybridized carbons (Fsp3) is 0.938. The first-order chi connectivity index (χ1) is 11.0. The van der Waals surface area contributed by atoms with Gasteiger partial charge in [-0.05, 0) is 45.6 Å². The molecule has 2 heterocycles. The van der Waals surface area contributed by atoms with Crippen molar-refractivity contribution in [1.29, 1.82) is 0 Å². The average molecular weight is 346 g/mol. The van der Waals surface area contributed by atoms with Crippen LogP contribution in [-0.4, -0.2) is 68.0 Å². The van der Waals surface area contributed by atoms with Crippen LogP contribution in [0.2, 0.25) is 0 Å². The van der Waals surface area contributed by atoms with Crippen LogP contribution in [0.4, 0.5) is 0 Å². The van der Waals surface area contributed by atoms with Gasteiger partial charge in [-0.25, -0.2) is 12.7 Å². The summed E-state index contributed by atoms with van der Waals surface area (Å²) in [7, 11) is -3.11. The fourth-order valence-corrected chi connectivity index (χ4v) is 4.65. The third-order valence-electron chi connectivity index (χ3n) is 5.06. The Balaban J connectivity index is 1.74. The Kier molecular flexibility index (Phi) is 6.85. The van der Waals surface area contributed by atoms with Crippen LogP contribution in [0.5, 0.6) is 0 Å². The molecular weight excluding hydrogens is 314 g/mol. The molecule has 0 saturated carbocycles. The Hall–Kier alpha value is -0.660. The van der Waals surface area contributed by atoms with Gasteiger partial charge in [0.2, 0.25) is 15.9 Å². The van der Waals surface area contributed by atoms with Gasteiger partial charge in [0.25, 0.3) is 0 Å². The summed E-state index contributed by atoms with van der Waals surface area (Å²) in [5.41, 5.74) is 0. The molecule has 0 aromatic rings. The topological polar surface area (TPSA) is 69.7 Å². The number of sulfonamides is 1. The smallest absolute Gasteiger partial charge is 0.223 e. The van der Waals surface area contributed by atoms with Gasteiger partial charge in [0.1, 0.15) is 0 Å². The third-order valence-corrected chi connectivity index (χ3v) is 6.94. The number of amides is 1. The van der Waals surface area contributed by atoms with Gasteiger partial charge in [0, 0.05) is 38.1 Å². The molecule has 0 radical (unpaired) electrons. The monoisotopic (exact) mass is 345 g/mol. The van der Waals surface area contributed by atoms with E-state index < -0.39 is 10.0 Å². The Morgan fingerprint density at radius 1 is 1.04 bits per heavy atom. The lowest BCUT2D eigenvalue weighted by Crippen LogP contribution is -2.48. The summed E-state index contributed by atoms with van der Waals surface area (Å²) in [5.74, 6) is 0.222. The van der Waals surface area contributed by atoms with Crippen molar-refractivity contribution in [3.63, 3.8) is 0 Å². The van der Waals surface area contributed by atoms with Crippen molar-refractivity contribution in [3.8, 4) is 0 Å². The van der Waals surface area contributed by atoms with Crippen molar-refractivity contribution in [2.45, 2.75) is 52.0 Å². The summed E-state index contributed by atoms with van der Waals surface area (Å²) < 4.78 is 25.2. The van der Waals surface area contributed by atoms with Crippen LogP contribution in [0.1, 0.15) is 46.0 Å². The molecule has 0 aliphatic carbocycles. The van der Waals surface area contributed by atoms with Crippen LogP contribution in [0.15, 0.2) is 0 Å². The molecule has 0 bridgehead atoms. The lowest BCUT2D eigenvalue weighted by Gasteiger charge is -2.34. The number of hydrogen-bond donors (Lipinski definition) is 1. The van der Waals surface area contributed by atoms with Gasteiger partial charge in [0.05, 0.1) is 5.75 Å². The normalized spacial score (nSPS) is 23.0. The van der Waals surface area contributed by atoms with Crippen LogP contribution in [0.3, 0.4) is 0 Å². The second kappa shape index (κ2) is 8.44. The molecule has 0 spiro atoms. The molecule has 2 fully saturated rings. The lowest BCUT2D eigenvalue weighted by atomic mass is 9.96. The second-order valence-corrected chi connectivity index (χ2v) is 8.96. The first kappa shape index (κ1) is 18.7. The minimum Gasteiger partial charge on any atom is -0.353 e. The van der Waals surface area contributed by atoms with Crippen LogP contribution >= 0.6 is 0 Å². The Bertz CT molecular complexity index is 479. The van der Waals surface area contributed by atoms with E-state index in [0.29, 0.717) is 25.9 Å². The summed E-state index contributed by atoms with van der Waals surface area (Å²) in [6, 6.07) is 0.285. The highest BCUT2D eigenvalue weighted by atomic mass is 32.2. The first-order valence-electron chi connectivity index (χ1n) is 8.96. The second-order valence-electron chi connectivity index (χ2n) is 6.70. The molecule has 1 N–H and O–H groups in total. The zero-order chi connectivity index (χ0) is 16.9. The molecule has 2 aliphatic rings. The highest BCUT2D eigenvalue weighted by Crippen LogP contribution is 2.21. The van der Waals surface area contributed by atoms with Gasteiger partial charge in [-0.3, -0.25) is 4.79 Å². The molecule has 0 aromatic heterocycles. The lowest BCUT2D eigenvalue weighted by molar-refractivity contribution is -0.127. The number of carbonyl (C=O) groups is 1. The molecule has 23 heavy (non-hydrogen) atoms. The van der Waals surface area contributed by atoms with E-state index in [2.05, 4.69) is 17.1 Å². The van der Waals surface area contributed by atoms with Crippen molar-refractivity contribution in [2.24, 2.45) is 5.92 Å². The van der Waals surface area contributed by atoms with Crippen molar-refractivity contribution in [1.82, 2.24) is 14.5 Å². The minimum absolute atomic E-state index is 0.0352. The largest absolute Gasteiger partial charge is 0.353 e. The van der Waals surface area contributed by atoms with E-state index >= 15 is 0 Å². The van der Waals surface area contributed by atoms with Gasteiger partial charge in [-0.15, -0.1) is 0 Å². The minimum atomic E-state index is -3.11. The van der Waals surface area contributed by atoms with Gasteiger partial charge in [-0.2, -0.15) is 0 Å². The molecule has 2 saturated heterocycles. The predicted octanol–water partition coefficient (Wildman–Crippen LogP) is 1.04. The van der Waals surface area contributed by atoms with Crippen molar-refractivity contribution in [2.75, 3.05) is 38.5 Å². The van der Waals surface area contributed by atoms with Gasteiger partial charge in [-0.1, -0.05) is 6.92 Å². The summed E-state index contributed by atoms with van der Waals surface area (Å²) >= 11 is 0. The molecule has 7 heteroatoms. The maximum atomic E-state index is 12.4. The Labute approximate surface area is 140 Å². The molecule has 0 unspecified atom stereocenters. The van der Waals surface area contributed by atoms with E-state index in [9.17, 15) is 13.2 Å². The van der Waals surface area contributed by atoms with E-state index in [1.165, 1.54) is 10.7 Å². The molecular formula is C16H31N3O3S. The quantitative estimate of drug-likeness (QED) is 0.781. The van der Waals surface area contributed by atoms with Crippen molar-refractivity contribution < 1.29 is 13.2 Å². The first-order valence-corrected chi connectivity index (χ1v) is 10.6. The molecule has 0 aromatic carbocycles. The standard InChI is InChI=1S/C16H31N3O3S/c1-3-9-18-10-7-15(8-11-18)17-16(20)14-5-12-19(13-6-14)23(21,22)4-2/h14-15H,3-13H2,1-2H3,(H,17,20). The number of rotatable bonds is 6. The Morgan fingerprint density at radius 3 is 2.17 bits per heavy atom. The van der Waals surface area contributed by atoms with Crippen molar-refractivity contribution >= 4 is 15.9 Å². The van der Waals surface area contributed by atoms with E-state index in [0.717, 1.165) is 32.5 Å². The van der Waals surface area contributed by atoms with Gasteiger partial charge < -0.3 is 10.2 Å². The molecule has 1 amide bonds. The fourth-order valence-electron chi connectivity index (χ4n) is 3.51. The van der Waals surface area contributed by atoms with Crippen molar-refractivity contribution in [3.05, 3.63) is 0 Å². The number of nitrogens with one attached hydrogen (secondary N) is 1. The zero-order valence-electron chi connectivity index (χ0n) is 14.5. The summed E-state index contributed by atoms with van der Waals surface area (Å²) in [4.78, 5) is 14.9. The third kappa shape index (κ3) is 5.16. The number of carbonyl (C=O) groups excluding carboxylic acids is 1. The number of piperidine rings is 2. The summed E-state index contributed by atoms with van der Waals surface area (Å²) in [5, 5.41) is 3.19. The van der Waals surface area contributed by atoms with E-state index in [-0.39, 0.29) is 23.6 Å². The SMILES string of the molecule is CCCN1CCC(NC(=O)C2CCN(S(=O)(=O)CC)CC2)CC1. The maximum Gasteiger partial charge on any atom is 0.223 e. The zero-order valence-corrected chi connectivity index (χ0v) is 15.3. The molecule has 2 rings (SSSR count). The van der Waals surface area contributed by atoms with E-state index in [4.69, 9.17) is 0 Å². The summed E-state index contributed by atoms with van der Waals surface area (Å²) in [6.07, 6.45) is 4.50. The molecule has 6 nitrogen and oxygen atoms in total. The number of hydrogen-bond acceptors (Lipinski definition) is 4. The average Bonchev–Trinajstić information content (AvgIpc) is 2.57. The van der Waals surface area contributed by atoms with Crippen LogP contribution in [0.25, 0.3) is 0 Å². The van der Waals surface area contributed by atoms with E-state index in [1.807, 2.05) is 0 Å². The number of likely N-dealkylation sites (tertiary alicyclic amines) is 1. The number of nitrogens with zero attached hydrogens (tertiary/aromatic N) is 2. The highest BCUT2D eigenvalue weighted by molar-refractivity contribution is 7.89. The summed E-state index contributed by atoms with van der Waals surface area (Å²) in [6.45, 7) is 8.08. The molecule has 134 valence electrons. The maximum absolute atomic E-state index is 12.4. The Morgan fingerprint density at radius 2 is 1.65 bits per heavy atom.